The van der Waals surface area contributed by atoms with Crippen LogP contribution in [0.15, 0.2) is 11.1 Å². The maximum atomic E-state index is 12.0. The first-order valence-electron chi connectivity index (χ1n) is 6.14. The number of sulfonamides is 1. The van der Waals surface area contributed by atoms with Crippen LogP contribution in [0.4, 0.5) is 0 Å². The van der Waals surface area contributed by atoms with Crippen LogP contribution >= 0.6 is 0 Å². The van der Waals surface area contributed by atoms with Crippen molar-refractivity contribution in [1.82, 2.24) is 14.9 Å². The first-order chi connectivity index (χ1) is 8.92. The van der Waals surface area contributed by atoms with Gasteiger partial charge in [-0.05, 0) is 25.7 Å². The molecule has 0 amide bonds. The summed E-state index contributed by atoms with van der Waals surface area (Å²) < 4.78 is 26.5. The lowest BCUT2D eigenvalue weighted by Gasteiger charge is -2.16. The molecule has 1 aromatic heterocycles. The summed E-state index contributed by atoms with van der Waals surface area (Å²) in [7, 11) is -3.62. The van der Waals surface area contributed by atoms with Crippen LogP contribution in [0.5, 0.6) is 0 Å². The average Bonchev–Trinajstić information content (AvgIpc) is 2.94. The van der Waals surface area contributed by atoms with Crippen molar-refractivity contribution < 1.29 is 18.3 Å². The van der Waals surface area contributed by atoms with Crippen molar-refractivity contribution in [1.29, 1.82) is 0 Å². The lowest BCUT2D eigenvalue weighted by atomic mass is 9.97. The van der Waals surface area contributed by atoms with Gasteiger partial charge in [0.2, 0.25) is 10.0 Å². The molecule has 19 heavy (non-hydrogen) atoms. The number of aromatic nitrogens is 2. The predicted molar refractivity (Wildman–Crippen MR) is 67.0 cm³/mol. The number of H-pyrrole nitrogens is 1. The van der Waals surface area contributed by atoms with Crippen molar-refractivity contribution in [2.45, 2.75) is 31.1 Å². The van der Waals surface area contributed by atoms with Crippen LogP contribution in [0.1, 0.15) is 25.0 Å². The monoisotopic (exact) mass is 287 g/mol. The summed E-state index contributed by atoms with van der Waals surface area (Å²) in [4.78, 5) is 11.1. The van der Waals surface area contributed by atoms with Crippen LogP contribution in [0.3, 0.4) is 0 Å². The molecule has 1 saturated carbocycles. The Labute approximate surface area is 111 Å². The van der Waals surface area contributed by atoms with Gasteiger partial charge in [0.05, 0.1) is 17.8 Å². The van der Waals surface area contributed by atoms with E-state index < -0.39 is 21.9 Å². The fourth-order valence-electron chi connectivity index (χ4n) is 2.51. The van der Waals surface area contributed by atoms with Gasteiger partial charge in [-0.2, -0.15) is 5.10 Å². The van der Waals surface area contributed by atoms with Crippen molar-refractivity contribution in [3.8, 4) is 0 Å². The standard InChI is InChI=1S/C11H17N3O4S/c1-7-10(6-12-14-7)19(17,18)13-5-8-3-2-4-9(8)11(15)16/h6,8-9,13H,2-5H2,1H3,(H,12,14)(H,15,16). The lowest BCUT2D eigenvalue weighted by Crippen LogP contribution is -2.33. The average molecular weight is 287 g/mol. The third-order valence-electron chi connectivity index (χ3n) is 3.58. The molecule has 2 rings (SSSR count). The SMILES string of the molecule is Cc1[nH]ncc1S(=O)(=O)NCC1CCCC1C(=O)O. The fourth-order valence-corrected chi connectivity index (χ4v) is 3.74. The van der Waals surface area contributed by atoms with Crippen LogP contribution in [0.2, 0.25) is 0 Å². The Hall–Kier alpha value is -1.41. The summed E-state index contributed by atoms with van der Waals surface area (Å²) in [5, 5.41) is 15.3. The number of rotatable bonds is 5. The Morgan fingerprint density at radius 1 is 1.58 bits per heavy atom. The maximum Gasteiger partial charge on any atom is 0.306 e. The van der Waals surface area contributed by atoms with Gasteiger partial charge in [-0.15, -0.1) is 0 Å². The van der Waals surface area contributed by atoms with Gasteiger partial charge in [-0.1, -0.05) is 6.42 Å². The van der Waals surface area contributed by atoms with Crippen molar-refractivity contribution in [3.63, 3.8) is 0 Å². The van der Waals surface area contributed by atoms with Gasteiger partial charge < -0.3 is 5.11 Å². The van der Waals surface area contributed by atoms with Gasteiger partial charge >= 0.3 is 5.97 Å². The minimum absolute atomic E-state index is 0.109. The molecule has 7 nitrogen and oxygen atoms in total. The van der Waals surface area contributed by atoms with E-state index >= 15 is 0 Å². The van der Waals surface area contributed by atoms with E-state index in [0.717, 1.165) is 12.8 Å². The molecule has 0 spiro atoms. The van der Waals surface area contributed by atoms with E-state index in [1.807, 2.05) is 0 Å². The fraction of sp³-hybridized carbons (Fsp3) is 0.636. The highest BCUT2D eigenvalue weighted by Crippen LogP contribution is 2.31. The second-order valence-corrected chi connectivity index (χ2v) is 6.58. The van der Waals surface area contributed by atoms with Gasteiger partial charge in [-0.25, -0.2) is 13.1 Å². The highest BCUT2D eigenvalue weighted by atomic mass is 32.2. The summed E-state index contributed by atoms with van der Waals surface area (Å²) >= 11 is 0. The smallest absolute Gasteiger partial charge is 0.306 e. The molecule has 8 heteroatoms. The van der Waals surface area contributed by atoms with Crippen LogP contribution in [-0.4, -0.2) is 36.2 Å². The zero-order chi connectivity index (χ0) is 14.0. The Kier molecular flexibility index (Phi) is 3.91. The summed E-state index contributed by atoms with van der Waals surface area (Å²) in [6.07, 6.45) is 3.44. The molecule has 106 valence electrons. The number of carboxylic acids is 1. The zero-order valence-corrected chi connectivity index (χ0v) is 11.4. The van der Waals surface area contributed by atoms with Crippen LogP contribution in [-0.2, 0) is 14.8 Å². The number of aryl methyl sites for hydroxylation is 1. The number of carboxylic acid groups (broad SMARTS) is 1. The third kappa shape index (κ3) is 2.95. The van der Waals surface area contributed by atoms with E-state index in [1.54, 1.807) is 6.92 Å². The van der Waals surface area contributed by atoms with Gasteiger partial charge in [-0.3, -0.25) is 9.89 Å². The normalized spacial score (nSPS) is 23.6. The number of carbonyl (C=O) groups is 1. The molecule has 1 aliphatic rings. The van der Waals surface area contributed by atoms with Crippen LogP contribution in [0, 0.1) is 18.8 Å². The largest absolute Gasteiger partial charge is 0.481 e. The van der Waals surface area contributed by atoms with Crippen molar-refractivity contribution in [2.24, 2.45) is 11.8 Å². The van der Waals surface area contributed by atoms with Crippen LogP contribution < -0.4 is 4.72 Å². The molecule has 0 aromatic carbocycles. The number of hydrogen-bond donors (Lipinski definition) is 3. The predicted octanol–water partition coefficient (Wildman–Crippen LogP) is 0.497. The van der Waals surface area contributed by atoms with E-state index in [4.69, 9.17) is 5.11 Å². The summed E-state index contributed by atoms with van der Waals surface area (Å²) in [6, 6.07) is 0. The number of hydrogen-bond acceptors (Lipinski definition) is 4. The minimum atomic E-state index is -3.62. The molecular formula is C11H17N3O4S. The van der Waals surface area contributed by atoms with E-state index in [-0.39, 0.29) is 17.4 Å². The second kappa shape index (κ2) is 5.30. The van der Waals surface area contributed by atoms with Gasteiger partial charge in [0.1, 0.15) is 4.90 Å². The Morgan fingerprint density at radius 3 is 2.89 bits per heavy atom. The third-order valence-corrected chi connectivity index (χ3v) is 5.12. The Bertz CT molecular complexity index is 566. The zero-order valence-electron chi connectivity index (χ0n) is 10.6. The molecule has 0 saturated heterocycles. The Balaban J connectivity index is 2.03. The molecule has 1 heterocycles. The van der Waals surface area contributed by atoms with Crippen molar-refractivity contribution in [3.05, 3.63) is 11.9 Å². The lowest BCUT2D eigenvalue weighted by molar-refractivity contribution is -0.142. The van der Waals surface area contributed by atoms with Crippen LogP contribution in [0.25, 0.3) is 0 Å². The number of aromatic amines is 1. The molecule has 1 aromatic rings. The minimum Gasteiger partial charge on any atom is -0.481 e. The number of nitrogens with zero attached hydrogens (tertiary/aromatic N) is 1. The van der Waals surface area contributed by atoms with E-state index in [0.29, 0.717) is 12.1 Å². The molecule has 1 aliphatic carbocycles. The quantitative estimate of drug-likeness (QED) is 0.730. The molecule has 3 N–H and O–H groups in total. The van der Waals surface area contributed by atoms with Gasteiger partial charge in [0, 0.05) is 6.54 Å². The highest BCUT2D eigenvalue weighted by Gasteiger charge is 2.33. The Morgan fingerprint density at radius 2 is 2.32 bits per heavy atom. The molecule has 2 atom stereocenters. The second-order valence-electron chi connectivity index (χ2n) is 4.85. The molecule has 1 fully saturated rings. The van der Waals surface area contributed by atoms with E-state index in [2.05, 4.69) is 14.9 Å². The summed E-state index contributed by atoms with van der Waals surface area (Å²) in [5.41, 5.74) is 0.466. The van der Waals surface area contributed by atoms with Gasteiger partial charge in [0.15, 0.2) is 0 Å². The molecule has 2 unspecified atom stereocenters. The molecular weight excluding hydrogens is 270 g/mol. The summed E-state index contributed by atoms with van der Waals surface area (Å²) in [5.74, 6) is -1.44. The molecule has 0 bridgehead atoms. The maximum absolute atomic E-state index is 12.0. The topological polar surface area (TPSA) is 112 Å². The van der Waals surface area contributed by atoms with Gasteiger partial charge in [0.25, 0.3) is 0 Å². The molecule has 0 radical (unpaired) electrons. The highest BCUT2D eigenvalue weighted by molar-refractivity contribution is 7.89. The van der Waals surface area contributed by atoms with E-state index in [1.165, 1.54) is 6.20 Å². The first kappa shape index (κ1) is 14.0. The first-order valence-corrected chi connectivity index (χ1v) is 7.62. The van der Waals surface area contributed by atoms with E-state index in [9.17, 15) is 13.2 Å². The van der Waals surface area contributed by atoms with Crippen molar-refractivity contribution >= 4 is 16.0 Å². The number of nitrogens with one attached hydrogen (secondary N) is 2. The molecule has 0 aliphatic heterocycles. The summed E-state index contributed by atoms with van der Waals surface area (Å²) in [6.45, 7) is 1.78. The number of aliphatic carboxylic acids is 1. The van der Waals surface area contributed by atoms with Crippen molar-refractivity contribution in [2.75, 3.05) is 6.54 Å².